The van der Waals surface area contributed by atoms with Crippen LogP contribution >= 0.6 is 0 Å². The molecule has 0 saturated carbocycles. The fourth-order valence-electron chi connectivity index (χ4n) is 5.67. The fraction of sp³-hybridized carbons (Fsp3) is 0.654. The summed E-state index contributed by atoms with van der Waals surface area (Å²) in [5.41, 5.74) is 0.259. The molecule has 2 atom stereocenters. The Labute approximate surface area is 207 Å². The van der Waals surface area contributed by atoms with Crippen molar-refractivity contribution in [3.8, 4) is 11.5 Å². The predicted octanol–water partition coefficient (Wildman–Crippen LogP) is 2.46. The first-order chi connectivity index (χ1) is 17.0. The Kier molecular flexibility index (Phi) is 8.28. The van der Waals surface area contributed by atoms with Crippen LogP contribution in [0.3, 0.4) is 0 Å². The van der Waals surface area contributed by atoms with Crippen LogP contribution in [0.25, 0.3) is 10.9 Å². The zero-order valence-electron chi connectivity index (χ0n) is 21.4. The number of amides is 1. The normalized spacial score (nSPS) is 20.5. The van der Waals surface area contributed by atoms with Gasteiger partial charge in [-0.1, -0.05) is 6.42 Å². The van der Waals surface area contributed by atoms with Crippen molar-refractivity contribution in [2.75, 3.05) is 54.1 Å². The van der Waals surface area contributed by atoms with Gasteiger partial charge in [0.2, 0.25) is 5.91 Å². The highest BCUT2D eigenvalue weighted by Gasteiger charge is 2.34. The molecule has 2 fully saturated rings. The van der Waals surface area contributed by atoms with E-state index in [1.165, 1.54) is 50.4 Å². The van der Waals surface area contributed by atoms with Crippen molar-refractivity contribution in [3.63, 3.8) is 0 Å². The number of aromatic nitrogens is 2. The molecule has 0 radical (unpaired) electrons. The number of methoxy groups -OCH3 is 3. The number of ether oxygens (including phenoxy) is 3. The van der Waals surface area contributed by atoms with Crippen molar-refractivity contribution in [1.82, 2.24) is 19.4 Å². The summed E-state index contributed by atoms with van der Waals surface area (Å²) < 4.78 is 17.5. The third kappa shape index (κ3) is 5.46. The van der Waals surface area contributed by atoms with Crippen molar-refractivity contribution in [1.29, 1.82) is 0 Å². The van der Waals surface area contributed by atoms with Crippen molar-refractivity contribution in [2.24, 2.45) is 5.92 Å². The minimum Gasteiger partial charge on any atom is -0.493 e. The first-order valence-electron chi connectivity index (χ1n) is 12.6. The molecule has 3 heterocycles. The van der Waals surface area contributed by atoms with Crippen molar-refractivity contribution in [2.45, 2.75) is 51.6 Å². The number of fused-ring (bicyclic) bond motifs is 2. The molecule has 2 saturated heterocycles. The lowest BCUT2D eigenvalue weighted by molar-refractivity contribution is -0.134. The van der Waals surface area contributed by atoms with E-state index in [0.717, 1.165) is 6.42 Å². The maximum atomic E-state index is 13.5. The number of hydrogen-bond acceptors (Lipinski definition) is 7. The van der Waals surface area contributed by atoms with E-state index in [-0.39, 0.29) is 18.0 Å². The van der Waals surface area contributed by atoms with Crippen LogP contribution in [0.1, 0.15) is 37.9 Å². The van der Waals surface area contributed by atoms with Gasteiger partial charge in [-0.15, -0.1) is 0 Å². The van der Waals surface area contributed by atoms with E-state index in [4.69, 9.17) is 14.2 Å². The van der Waals surface area contributed by atoms with Crippen LogP contribution in [0.4, 0.5) is 0 Å². The predicted molar refractivity (Wildman–Crippen MR) is 134 cm³/mol. The smallest absolute Gasteiger partial charge is 0.262 e. The van der Waals surface area contributed by atoms with Gasteiger partial charge in [-0.3, -0.25) is 14.2 Å². The third-order valence-electron chi connectivity index (χ3n) is 7.55. The highest BCUT2D eigenvalue weighted by atomic mass is 16.5. The summed E-state index contributed by atoms with van der Waals surface area (Å²) in [7, 11) is 4.72. The molecule has 9 nitrogen and oxygen atoms in total. The number of carbonyl (C=O) groups excluding carboxylic acids is 1. The third-order valence-corrected chi connectivity index (χ3v) is 7.55. The van der Waals surface area contributed by atoms with Gasteiger partial charge in [-0.25, -0.2) is 4.98 Å². The van der Waals surface area contributed by atoms with Gasteiger partial charge in [0.25, 0.3) is 5.56 Å². The second-order valence-electron chi connectivity index (χ2n) is 9.61. The molecule has 0 N–H and O–H groups in total. The summed E-state index contributed by atoms with van der Waals surface area (Å²) in [5, 5.41) is 0.398. The van der Waals surface area contributed by atoms with Crippen LogP contribution in [0.15, 0.2) is 16.9 Å². The Balaban J connectivity index is 1.58. The van der Waals surface area contributed by atoms with E-state index in [1.54, 1.807) is 33.3 Å². The van der Waals surface area contributed by atoms with E-state index in [2.05, 4.69) is 9.88 Å². The number of rotatable bonds is 9. The molecule has 4 rings (SSSR count). The van der Waals surface area contributed by atoms with Crippen molar-refractivity contribution < 1.29 is 19.0 Å². The number of piperidine rings is 2. The molecule has 0 bridgehead atoms. The summed E-state index contributed by atoms with van der Waals surface area (Å²) in [6.45, 7) is 5.71. The summed E-state index contributed by atoms with van der Waals surface area (Å²) in [6.07, 6.45) is 6.04. The minimum absolute atomic E-state index is 0.0488. The molecule has 1 aromatic heterocycles. The Bertz CT molecular complexity index is 1100. The molecular weight excluding hydrogens is 448 g/mol. The number of aryl methyl sites for hydroxylation is 1. The van der Waals surface area contributed by atoms with E-state index in [9.17, 15) is 9.59 Å². The number of carbonyl (C=O) groups is 1. The Morgan fingerprint density at radius 1 is 1.09 bits per heavy atom. The van der Waals surface area contributed by atoms with Gasteiger partial charge in [0.1, 0.15) is 12.4 Å². The Morgan fingerprint density at radius 2 is 1.83 bits per heavy atom. The first kappa shape index (κ1) is 25.4. The average Bonchev–Trinajstić information content (AvgIpc) is 2.88. The summed E-state index contributed by atoms with van der Waals surface area (Å²) in [6, 6.07) is 3.87. The molecule has 2 unspecified atom stereocenters. The zero-order chi connectivity index (χ0) is 24.9. The van der Waals surface area contributed by atoms with Gasteiger partial charge in [0.05, 0.1) is 31.7 Å². The molecule has 1 aromatic carbocycles. The first-order valence-corrected chi connectivity index (χ1v) is 12.6. The molecule has 35 heavy (non-hydrogen) atoms. The van der Waals surface area contributed by atoms with Crippen molar-refractivity contribution >= 4 is 16.8 Å². The molecule has 9 heteroatoms. The number of hydrogen-bond donors (Lipinski definition) is 0. The zero-order valence-corrected chi connectivity index (χ0v) is 21.4. The van der Waals surface area contributed by atoms with Crippen LogP contribution in [-0.2, 0) is 16.1 Å². The molecular formula is C26H38N4O5. The van der Waals surface area contributed by atoms with E-state index in [1.807, 2.05) is 4.90 Å². The highest BCUT2D eigenvalue weighted by Crippen LogP contribution is 2.32. The maximum Gasteiger partial charge on any atom is 0.262 e. The maximum absolute atomic E-state index is 13.5. The molecule has 0 aliphatic carbocycles. The average molecular weight is 487 g/mol. The lowest BCUT2D eigenvalue weighted by Gasteiger charge is -2.45. The lowest BCUT2D eigenvalue weighted by Crippen LogP contribution is -2.52. The van der Waals surface area contributed by atoms with E-state index < -0.39 is 0 Å². The van der Waals surface area contributed by atoms with Crippen LogP contribution in [0.5, 0.6) is 11.5 Å². The topological polar surface area (TPSA) is 86.1 Å². The lowest BCUT2D eigenvalue weighted by atomic mass is 9.83. The van der Waals surface area contributed by atoms with Crippen molar-refractivity contribution in [3.05, 3.63) is 28.3 Å². The van der Waals surface area contributed by atoms with Gasteiger partial charge < -0.3 is 24.0 Å². The van der Waals surface area contributed by atoms with Gasteiger partial charge >= 0.3 is 0 Å². The van der Waals surface area contributed by atoms with Crippen LogP contribution in [0.2, 0.25) is 0 Å². The molecule has 2 aliphatic rings. The van der Waals surface area contributed by atoms with Gasteiger partial charge in [-0.2, -0.15) is 0 Å². The van der Waals surface area contributed by atoms with E-state index in [0.29, 0.717) is 59.9 Å². The molecule has 2 aromatic rings. The Hall–Kier alpha value is -2.65. The van der Waals surface area contributed by atoms with Crippen LogP contribution in [0, 0.1) is 12.8 Å². The quantitative estimate of drug-likeness (QED) is 0.538. The molecule has 1 amide bonds. The summed E-state index contributed by atoms with van der Waals surface area (Å²) in [4.78, 5) is 36.0. The van der Waals surface area contributed by atoms with Gasteiger partial charge in [0.15, 0.2) is 11.5 Å². The summed E-state index contributed by atoms with van der Waals surface area (Å²) >= 11 is 0. The number of benzene rings is 1. The fourth-order valence-corrected chi connectivity index (χ4v) is 5.67. The molecule has 0 spiro atoms. The molecule has 192 valence electrons. The second-order valence-corrected chi connectivity index (χ2v) is 9.61. The van der Waals surface area contributed by atoms with Gasteiger partial charge in [-0.05, 0) is 57.7 Å². The standard InChI is InChI=1S/C26H38N4O5/c1-18-27-21-15-24(35-4)23(34-3)14-20(21)26(32)30(18)17-25(31)29(12-13-33-2)16-19-8-7-11-28-10-6-5-9-22(19)28/h14-15,19,22H,5-13,16-17H2,1-4H3. The second kappa shape index (κ2) is 11.4. The highest BCUT2D eigenvalue weighted by molar-refractivity contribution is 5.82. The largest absolute Gasteiger partial charge is 0.493 e. The van der Waals surface area contributed by atoms with Crippen LogP contribution in [-0.4, -0.2) is 85.4 Å². The SMILES string of the molecule is COCCN(CC1CCCN2CCCCC12)C(=O)Cn1c(C)nc2cc(OC)c(OC)cc2c1=O. The van der Waals surface area contributed by atoms with Gasteiger partial charge in [0, 0.05) is 32.3 Å². The monoisotopic (exact) mass is 486 g/mol. The summed E-state index contributed by atoms with van der Waals surface area (Å²) in [5.74, 6) is 1.83. The van der Waals surface area contributed by atoms with E-state index >= 15 is 0 Å². The minimum atomic E-state index is -0.260. The molecule has 2 aliphatic heterocycles. The Morgan fingerprint density at radius 3 is 2.57 bits per heavy atom. The number of nitrogens with zero attached hydrogens (tertiary/aromatic N) is 4. The van der Waals surface area contributed by atoms with Crippen LogP contribution < -0.4 is 15.0 Å².